The first-order valence-electron chi connectivity index (χ1n) is 22.8. The van der Waals surface area contributed by atoms with E-state index in [1.54, 1.807) is 32.3 Å². The average Bonchev–Trinajstić information content (AvgIpc) is 3.09. The number of isocyanates is 3. The van der Waals surface area contributed by atoms with E-state index in [0.717, 1.165) is 70.6 Å². The number of nitrogens with zero attached hydrogens (tertiary/aromatic N) is 3. The van der Waals surface area contributed by atoms with Crippen molar-refractivity contribution in [2.45, 2.75) is 196 Å². The number of carbonyl (C=O) groups is 3. The summed E-state index contributed by atoms with van der Waals surface area (Å²) in [6, 6.07) is -0.141. The minimum Gasteiger partial charge on any atom is -0.341 e. The van der Waals surface area contributed by atoms with E-state index in [-0.39, 0.29) is 85.8 Å². The summed E-state index contributed by atoms with van der Waals surface area (Å²) < 4.78 is 0. The quantitative estimate of drug-likeness (QED) is 0.0883. The van der Waals surface area contributed by atoms with Crippen LogP contribution in [0.2, 0.25) is 0 Å². The molecule has 358 valence electrons. The van der Waals surface area contributed by atoms with E-state index in [1.165, 1.54) is 0 Å². The summed E-state index contributed by atoms with van der Waals surface area (Å²) in [5.74, 6) is 0. The zero-order chi connectivity index (χ0) is 48.1. The van der Waals surface area contributed by atoms with Gasteiger partial charge in [-0.3, -0.25) is 0 Å². The summed E-state index contributed by atoms with van der Waals surface area (Å²) in [4.78, 5) is 78.3. The Morgan fingerprint density at radius 3 is 1.33 bits per heavy atom. The van der Waals surface area contributed by atoms with Crippen molar-refractivity contribution in [3.8, 4) is 0 Å². The Morgan fingerprint density at radius 1 is 0.508 bits per heavy atom. The minimum atomic E-state index is -0.171. The zero-order valence-electron chi connectivity index (χ0n) is 41.5. The molecule has 16 heteroatoms. The molecule has 4 fully saturated rings. The third-order valence-electron chi connectivity index (χ3n) is 12.9. The highest BCUT2D eigenvalue weighted by Crippen LogP contribution is 2.48. The summed E-state index contributed by atoms with van der Waals surface area (Å²) in [7, 11) is 3.21. The molecule has 1 saturated heterocycles. The van der Waals surface area contributed by atoms with Crippen molar-refractivity contribution in [1.82, 2.24) is 37.2 Å². The molecule has 7 N–H and O–H groups in total. The molecule has 0 aromatic rings. The van der Waals surface area contributed by atoms with Crippen LogP contribution in [0.4, 0.5) is 14.4 Å². The lowest BCUT2D eigenvalue weighted by Crippen LogP contribution is -2.63. The molecule has 3 aliphatic carbocycles. The van der Waals surface area contributed by atoms with Crippen LogP contribution in [0, 0.1) is 32.5 Å². The number of urea groups is 3. The summed E-state index contributed by atoms with van der Waals surface area (Å²) >= 11 is 0. The van der Waals surface area contributed by atoms with Crippen LogP contribution < -0.4 is 37.2 Å². The van der Waals surface area contributed by atoms with Crippen LogP contribution in [0.1, 0.15) is 161 Å². The van der Waals surface area contributed by atoms with Gasteiger partial charge >= 0.3 is 18.1 Å². The number of hydrogen-bond donors (Lipinski definition) is 7. The van der Waals surface area contributed by atoms with E-state index in [4.69, 9.17) is 0 Å². The van der Waals surface area contributed by atoms with Crippen LogP contribution in [0.25, 0.3) is 0 Å². The van der Waals surface area contributed by atoms with Gasteiger partial charge < -0.3 is 37.2 Å². The van der Waals surface area contributed by atoms with Gasteiger partial charge in [-0.2, -0.15) is 0 Å². The zero-order valence-corrected chi connectivity index (χ0v) is 41.5. The molecule has 16 nitrogen and oxygen atoms in total. The van der Waals surface area contributed by atoms with Crippen molar-refractivity contribution in [1.29, 1.82) is 0 Å². The highest BCUT2D eigenvalue weighted by atomic mass is 16.2. The molecule has 0 aromatic heterocycles. The van der Waals surface area contributed by atoms with Gasteiger partial charge in [0.05, 0.1) is 18.6 Å². The fourth-order valence-electron chi connectivity index (χ4n) is 12.4. The largest absolute Gasteiger partial charge is 0.341 e. The van der Waals surface area contributed by atoms with E-state index in [2.05, 4.69) is 142 Å². The second-order valence-electron chi connectivity index (χ2n) is 24.0. The van der Waals surface area contributed by atoms with Crippen LogP contribution in [0.15, 0.2) is 15.0 Å². The Bertz CT molecular complexity index is 1700. The molecule has 3 saturated carbocycles. The van der Waals surface area contributed by atoms with Crippen molar-refractivity contribution in [3.63, 3.8) is 0 Å². The fraction of sp³-hybridized carbons (Fsp3) is 0.872. The third kappa shape index (κ3) is 20.1. The highest BCUT2D eigenvalue weighted by molar-refractivity contribution is 5.74. The molecule has 0 spiro atoms. The third-order valence-corrected chi connectivity index (χ3v) is 12.9. The van der Waals surface area contributed by atoms with E-state index in [0.29, 0.717) is 19.6 Å². The molecule has 1 aliphatic heterocycles. The van der Waals surface area contributed by atoms with E-state index in [9.17, 15) is 28.8 Å². The SMILES string of the molecule is CC1(C)CC(N=C=O)CC(C)(CNC(=O)NC2CC(C)(C)NC(C)(C)C2)C1.CNC(=O)NC1CC(C)(C)CC(C)(CN=C=O)C1.CNC(=O)NCC1(C)CC(N=C=O)CC(C)(C)C1. The Labute approximate surface area is 378 Å². The molecule has 6 atom stereocenters. The molecule has 0 bridgehead atoms. The molecule has 1 heterocycles. The van der Waals surface area contributed by atoms with Crippen LogP contribution in [0.3, 0.4) is 0 Å². The van der Waals surface area contributed by atoms with Crippen LogP contribution in [-0.2, 0) is 14.4 Å². The van der Waals surface area contributed by atoms with Crippen molar-refractivity contribution in [2.75, 3.05) is 33.7 Å². The predicted molar refractivity (Wildman–Crippen MR) is 249 cm³/mol. The van der Waals surface area contributed by atoms with Gasteiger partial charge in [0.25, 0.3) is 0 Å². The number of carbonyl (C=O) groups excluding carboxylic acids is 6. The maximum atomic E-state index is 12.6. The molecule has 0 aromatic carbocycles. The Kier molecular flexibility index (Phi) is 19.4. The van der Waals surface area contributed by atoms with Gasteiger partial charge in [0.15, 0.2) is 0 Å². The summed E-state index contributed by atoms with van der Waals surface area (Å²) in [6.45, 7) is 30.0. The van der Waals surface area contributed by atoms with E-state index in [1.807, 2.05) is 0 Å². The lowest BCUT2D eigenvalue weighted by molar-refractivity contribution is 0.0808. The molecular weight excluding hydrogens is 801 g/mol. The summed E-state index contributed by atoms with van der Waals surface area (Å²) in [5, 5.41) is 20.8. The Morgan fingerprint density at radius 2 is 0.905 bits per heavy atom. The molecule has 4 rings (SSSR count). The maximum Gasteiger partial charge on any atom is 0.315 e. The van der Waals surface area contributed by atoms with Crippen molar-refractivity contribution in [2.24, 2.45) is 47.5 Å². The number of aliphatic imine (C=N–C) groups is 3. The minimum absolute atomic E-state index is 0.000868. The average molecular weight is 885 g/mol. The maximum absolute atomic E-state index is 12.6. The van der Waals surface area contributed by atoms with Crippen LogP contribution in [0.5, 0.6) is 0 Å². The number of hydrogen-bond acceptors (Lipinski definition) is 10. The second-order valence-corrected chi connectivity index (χ2v) is 24.0. The number of amides is 6. The van der Waals surface area contributed by atoms with E-state index < -0.39 is 0 Å². The summed E-state index contributed by atoms with van der Waals surface area (Å²) in [5.41, 5.74) is 0.206. The first-order chi connectivity index (χ1) is 28.8. The summed E-state index contributed by atoms with van der Waals surface area (Å²) in [6.07, 6.45) is 15.0. The molecular formula is C47H84N10O6. The van der Waals surface area contributed by atoms with Gasteiger partial charge in [-0.1, -0.05) is 62.3 Å². The van der Waals surface area contributed by atoms with Crippen LogP contribution >= 0.6 is 0 Å². The lowest BCUT2D eigenvalue weighted by atomic mass is 9.62. The number of nitrogens with one attached hydrogen (secondary N) is 7. The monoisotopic (exact) mass is 885 g/mol. The molecule has 0 radical (unpaired) electrons. The predicted octanol–water partition coefficient (Wildman–Crippen LogP) is 7.19. The molecule has 6 amide bonds. The van der Waals surface area contributed by atoms with E-state index >= 15 is 0 Å². The normalized spacial score (nSPS) is 31.0. The van der Waals surface area contributed by atoms with Gasteiger partial charge in [-0.15, -0.1) is 0 Å². The Balaban J connectivity index is 0.000000337. The first kappa shape index (κ1) is 55.0. The Hall–Kier alpha value is -4.09. The number of piperidine rings is 1. The van der Waals surface area contributed by atoms with Crippen molar-refractivity contribution in [3.05, 3.63) is 0 Å². The standard InChI is InChI=1S/C21H38N4O2.2C13H23N3O2/c1-18(2)8-15(23-14-26)11-21(7,12-18)13-22-17(27)24-16-9-19(3,4)25-20(5,6)10-16;1-12(2)5-10(16-9-17)6-13(3,7-12)8-15-11(18)14-4;1-12(2)5-10(16-11(18)14-4)6-13(3,7-12)8-15-9-17/h15-16,25H,8-13H2,1-7H3,(H2,22,24,27);10H,5-8H2,1-4H3,(H2,14,15,18);10H,5-8H2,1-4H3,(H2,14,16,18). The number of rotatable bonds is 10. The molecule has 6 unspecified atom stereocenters. The lowest BCUT2D eigenvalue weighted by Gasteiger charge is -2.47. The molecule has 63 heavy (non-hydrogen) atoms. The second kappa shape index (κ2) is 22.2. The van der Waals surface area contributed by atoms with Crippen LogP contribution in [-0.4, -0.2) is 105 Å². The first-order valence-corrected chi connectivity index (χ1v) is 22.8. The van der Waals surface area contributed by atoms with Crippen molar-refractivity contribution < 1.29 is 28.8 Å². The van der Waals surface area contributed by atoms with Gasteiger partial charge in [-0.25, -0.2) is 43.7 Å². The fourth-order valence-corrected chi connectivity index (χ4v) is 12.4. The van der Waals surface area contributed by atoms with Gasteiger partial charge in [-0.05, 0) is 131 Å². The van der Waals surface area contributed by atoms with Gasteiger partial charge in [0.2, 0.25) is 18.2 Å². The molecule has 4 aliphatic rings. The van der Waals surface area contributed by atoms with Crippen molar-refractivity contribution >= 4 is 36.3 Å². The highest BCUT2D eigenvalue weighted by Gasteiger charge is 2.44. The topological polar surface area (TPSA) is 224 Å². The smallest absolute Gasteiger partial charge is 0.315 e. The van der Waals surface area contributed by atoms with Gasteiger partial charge in [0, 0.05) is 50.3 Å². The van der Waals surface area contributed by atoms with Gasteiger partial charge in [0.1, 0.15) is 0 Å².